The summed E-state index contributed by atoms with van der Waals surface area (Å²) < 4.78 is 25.6. The third-order valence-electron chi connectivity index (χ3n) is 7.17. The minimum atomic E-state index is -3.60. The van der Waals surface area contributed by atoms with Crippen LogP contribution in [0.1, 0.15) is 56.6 Å². The van der Waals surface area contributed by atoms with Gasteiger partial charge in [-0.1, -0.05) is 67.1 Å². The molecule has 0 aromatic heterocycles. The topological polar surface area (TPSA) is 128 Å². The standard InChI is InChI=1S/C25H29N3O4S.ClH/c1-25(14-15-7-3-2-4-8-15)18-10-6-5-9-17(18)22(29)21(23(25)30)24-27-19-12-11-16(26)13-20(19)33(31,32)28-24;/h5-6,9-13,15,29,31-32H,2-4,7-8,14,26H2,1H3,(H,27,28);1H. The number of benzene rings is 2. The van der Waals surface area contributed by atoms with Gasteiger partial charge in [0.05, 0.1) is 11.1 Å². The van der Waals surface area contributed by atoms with Gasteiger partial charge >= 0.3 is 0 Å². The van der Waals surface area contributed by atoms with Crippen LogP contribution in [0, 0.1) is 5.92 Å². The fourth-order valence-electron chi connectivity index (χ4n) is 5.51. The minimum absolute atomic E-state index is 0. The number of nitrogen functional groups attached to an aromatic ring is 1. The number of hydrogen-bond acceptors (Lipinski definition) is 7. The number of Topliss-reactive ketones (excluding diaryl/α,β-unsaturated/α-hetero) is 1. The zero-order chi connectivity index (χ0) is 23.4. The van der Waals surface area contributed by atoms with Crippen molar-refractivity contribution in [1.29, 1.82) is 0 Å². The van der Waals surface area contributed by atoms with E-state index in [1.54, 1.807) is 18.2 Å². The van der Waals surface area contributed by atoms with E-state index in [9.17, 15) is 19.0 Å². The normalized spacial score (nSPS) is 24.8. The van der Waals surface area contributed by atoms with Crippen LogP contribution in [-0.4, -0.2) is 25.8 Å². The van der Waals surface area contributed by atoms with E-state index in [-0.39, 0.29) is 40.3 Å². The van der Waals surface area contributed by atoms with Gasteiger partial charge in [0.1, 0.15) is 16.2 Å². The second-order valence-corrected chi connectivity index (χ2v) is 11.1. The molecule has 5 rings (SSSR count). The van der Waals surface area contributed by atoms with Crippen molar-refractivity contribution < 1.29 is 19.0 Å². The lowest BCUT2D eigenvalue weighted by atomic mass is 9.64. The quantitative estimate of drug-likeness (QED) is 0.312. The van der Waals surface area contributed by atoms with Crippen LogP contribution in [0.5, 0.6) is 0 Å². The van der Waals surface area contributed by atoms with Gasteiger partial charge in [-0.3, -0.25) is 13.9 Å². The fraction of sp³-hybridized carbons (Fsp3) is 0.360. The number of hydrogen-bond donors (Lipinski definition) is 5. The van der Waals surface area contributed by atoms with Crippen molar-refractivity contribution in [2.75, 3.05) is 11.1 Å². The molecule has 182 valence electrons. The smallest absolute Gasteiger partial charge is 0.180 e. The lowest BCUT2D eigenvalue weighted by molar-refractivity contribution is -0.120. The number of carbonyl (C=O) groups excluding carboxylic acids is 1. The van der Waals surface area contributed by atoms with Gasteiger partial charge in [-0.05, 0) is 43.0 Å². The zero-order valence-electron chi connectivity index (χ0n) is 19.0. The number of rotatable bonds is 3. The molecule has 0 radical (unpaired) electrons. The third kappa shape index (κ3) is 3.98. The monoisotopic (exact) mass is 503 g/mol. The number of aliphatic hydroxyl groups excluding tert-OH is 1. The first-order valence-electron chi connectivity index (χ1n) is 11.3. The average Bonchev–Trinajstić information content (AvgIpc) is 2.79. The summed E-state index contributed by atoms with van der Waals surface area (Å²) in [6.07, 6.45) is 6.41. The Morgan fingerprint density at radius 2 is 1.85 bits per heavy atom. The number of anilines is 2. The molecular formula is C25H30ClN3O4S. The Labute approximate surface area is 207 Å². The number of nitrogens with zero attached hydrogens (tertiary/aromatic N) is 1. The van der Waals surface area contributed by atoms with Crippen LogP contribution >= 0.6 is 23.2 Å². The lowest BCUT2D eigenvalue weighted by Crippen LogP contribution is -2.43. The Hall–Kier alpha value is -2.52. The van der Waals surface area contributed by atoms with E-state index in [1.807, 2.05) is 25.1 Å². The van der Waals surface area contributed by atoms with Crippen molar-refractivity contribution in [3.63, 3.8) is 0 Å². The van der Waals surface area contributed by atoms with Crippen molar-refractivity contribution in [3.05, 3.63) is 59.2 Å². The number of ketones is 1. The molecular weight excluding hydrogens is 474 g/mol. The summed E-state index contributed by atoms with van der Waals surface area (Å²) in [6, 6.07) is 12.1. The van der Waals surface area contributed by atoms with Crippen LogP contribution in [-0.2, 0) is 10.2 Å². The highest BCUT2D eigenvalue weighted by Gasteiger charge is 2.47. The van der Waals surface area contributed by atoms with E-state index in [1.165, 1.54) is 25.3 Å². The highest BCUT2D eigenvalue weighted by Crippen LogP contribution is 2.57. The average molecular weight is 504 g/mol. The summed E-state index contributed by atoms with van der Waals surface area (Å²) >= 11 is 0. The van der Waals surface area contributed by atoms with Crippen LogP contribution < -0.4 is 11.1 Å². The molecule has 1 atom stereocenters. The molecule has 1 aliphatic heterocycles. The molecule has 0 saturated heterocycles. The summed E-state index contributed by atoms with van der Waals surface area (Å²) in [5, 5.41) is 14.2. The fourth-order valence-corrected chi connectivity index (χ4v) is 6.70. The maximum atomic E-state index is 14.1. The molecule has 1 saturated carbocycles. The van der Waals surface area contributed by atoms with Gasteiger partial charge in [0, 0.05) is 11.3 Å². The summed E-state index contributed by atoms with van der Waals surface area (Å²) in [4.78, 5) is 14.2. The molecule has 2 aliphatic carbocycles. The number of nitrogens with one attached hydrogen (secondary N) is 1. The summed E-state index contributed by atoms with van der Waals surface area (Å²) in [6.45, 7) is 1.94. The van der Waals surface area contributed by atoms with Gasteiger partial charge in [-0.25, -0.2) is 0 Å². The molecule has 1 heterocycles. The Morgan fingerprint density at radius 3 is 2.59 bits per heavy atom. The van der Waals surface area contributed by atoms with Gasteiger partial charge in [-0.2, -0.15) is 0 Å². The molecule has 6 N–H and O–H groups in total. The van der Waals surface area contributed by atoms with Crippen LogP contribution in [0.25, 0.3) is 5.76 Å². The second-order valence-electron chi connectivity index (χ2n) is 9.48. The Kier molecular flexibility index (Phi) is 6.46. The molecule has 1 fully saturated rings. The maximum absolute atomic E-state index is 14.1. The maximum Gasteiger partial charge on any atom is 0.180 e. The lowest BCUT2D eigenvalue weighted by Gasteiger charge is -2.40. The van der Waals surface area contributed by atoms with E-state index in [0.29, 0.717) is 29.3 Å². The number of halogens is 1. The summed E-state index contributed by atoms with van der Waals surface area (Å²) in [5.41, 5.74) is 7.11. The van der Waals surface area contributed by atoms with E-state index in [2.05, 4.69) is 9.71 Å². The first-order chi connectivity index (χ1) is 15.7. The van der Waals surface area contributed by atoms with Crippen LogP contribution in [0.2, 0.25) is 0 Å². The largest absolute Gasteiger partial charge is 0.506 e. The first kappa shape index (κ1) is 24.6. The van der Waals surface area contributed by atoms with E-state index in [0.717, 1.165) is 18.4 Å². The zero-order valence-corrected chi connectivity index (χ0v) is 20.6. The van der Waals surface area contributed by atoms with Crippen molar-refractivity contribution in [2.45, 2.75) is 55.8 Å². The molecule has 34 heavy (non-hydrogen) atoms. The van der Waals surface area contributed by atoms with Crippen LogP contribution in [0.15, 0.2) is 57.3 Å². The van der Waals surface area contributed by atoms with Crippen molar-refractivity contribution in [1.82, 2.24) is 0 Å². The molecule has 3 aliphatic rings. The van der Waals surface area contributed by atoms with Gasteiger partial charge in [0.2, 0.25) is 0 Å². The third-order valence-corrected chi connectivity index (χ3v) is 8.54. The minimum Gasteiger partial charge on any atom is -0.506 e. The number of carbonyl (C=O) groups is 1. The van der Waals surface area contributed by atoms with Crippen LogP contribution in [0.4, 0.5) is 11.4 Å². The Morgan fingerprint density at radius 1 is 1.15 bits per heavy atom. The second kappa shape index (κ2) is 8.92. The van der Waals surface area contributed by atoms with Gasteiger partial charge < -0.3 is 16.2 Å². The SMILES string of the molecule is CC1(CC2CCCCC2)C(=O)C(C2=NS(O)(O)c3cc(N)ccc3N2)=C(O)c2ccccc21.Cl. The molecule has 2 aromatic carbocycles. The number of amidine groups is 1. The molecule has 2 aromatic rings. The van der Waals surface area contributed by atoms with Gasteiger partial charge in [0.25, 0.3) is 0 Å². The molecule has 0 bridgehead atoms. The first-order valence-corrected chi connectivity index (χ1v) is 12.8. The van der Waals surface area contributed by atoms with Crippen molar-refractivity contribution in [2.24, 2.45) is 10.3 Å². The van der Waals surface area contributed by atoms with E-state index >= 15 is 0 Å². The predicted octanol–water partition coefficient (Wildman–Crippen LogP) is 6.32. The molecule has 9 heteroatoms. The number of fused-ring (bicyclic) bond motifs is 2. The molecule has 0 spiro atoms. The molecule has 0 amide bonds. The highest BCUT2D eigenvalue weighted by molar-refractivity contribution is 8.23. The van der Waals surface area contributed by atoms with Gasteiger partial charge in [0.15, 0.2) is 11.6 Å². The highest BCUT2D eigenvalue weighted by atomic mass is 35.5. The summed E-state index contributed by atoms with van der Waals surface area (Å²) in [5.74, 6) is -0.0616. The van der Waals surface area contributed by atoms with Crippen LogP contribution in [0.3, 0.4) is 0 Å². The number of nitrogens with two attached hydrogens (primary N) is 1. The Bertz CT molecular complexity index is 1210. The number of aliphatic hydroxyl groups is 1. The van der Waals surface area contributed by atoms with Crippen molar-refractivity contribution in [3.8, 4) is 0 Å². The van der Waals surface area contributed by atoms with Gasteiger partial charge in [-0.15, -0.1) is 16.8 Å². The molecule has 7 nitrogen and oxygen atoms in total. The molecule has 1 unspecified atom stereocenters. The predicted molar refractivity (Wildman–Crippen MR) is 140 cm³/mol. The van der Waals surface area contributed by atoms with Crippen molar-refractivity contribution >= 4 is 51.9 Å². The van der Waals surface area contributed by atoms with E-state index < -0.39 is 16.2 Å². The van der Waals surface area contributed by atoms with E-state index in [4.69, 9.17) is 5.73 Å². The Balaban J connectivity index is 0.00000274. The summed E-state index contributed by atoms with van der Waals surface area (Å²) in [7, 11) is -3.60.